The molecular formula is C16H21N3O. The highest BCUT2D eigenvalue weighted by atomic mass is 16.2. The number of rotatable bonds is 4. The van der Waals surface area contributed by atoms with Gasteiger partial charge in [0, 0.05) is 11.7 Å². The van der Waals surface area contributed by atoms with Gasteiger partial charge in [-0.05, 0) is 44.0 Å². The summed E-state index contributed by atoms with van der Waals surface area (Å²) in [6.07, 6.45) is 4.72. The van der Waals surface area contributed by atoms with Gasteiger partial charge in [0.2, 0.25) is 5.91 Å². The summed E-state index contributed by atoms with van der Waals surface area (Å²) in [5.74, 6) is 0.000407. The number of likely N-dealkylation sites (tertiary alicyclic amines) is 1. The Morgan fingerprint density at radius 2 is 2.35 bits per heavy atom. The standard InChI is InChI=1S/C16H21N3O/c1-2-15-8-3-4-9-19(15)12-16(20)18-14-7-5-6-13(10-14)11-17/h5-7,10,15H,2-4,8-9,12H2,1H3,(H,18,20). The van der Waals surface area contributed by atoms with Crippen molar-refractivity contribution in [1.29, 1.82) is 5.26 Å². The van der Waals surface area contributed by atoms with E-state index in [-0.39, 0.29) is 5.91 Å². The molecule has 0 spiro atoms. The van der Waals surface area contributed by atoms with E-state index in [1.165, 1.54) is 19.3 Å². The summed E-state index contributed by atoms with van der Waals surface area (Å²) in [4.78, 5) is 14.4. The average Bonchev–Trinajstić information content (AvgIpc) is 2.48. The smallest absolute Gasteiger partial charge is 0.238 e. The Balaban J connectivity index is 1.93. The third-order valence-corrected chi connectivity index (χ3v) is 3.84. The van der Waals surface area contributed by atoms with Crippen molar-refractivity contribution in [2.75, 3.05) is 18.4 Å². The molecular weight excluding hydrogens is 250 g/mol. The molecule has 1 aromatic carbocycles. The molecule has 1 aromatic rings. The van der Waals surface area contributed by atoms with Gasteiger partial charge in [-0.15, -0.1) is 0 Å². The fourth-order valence-electron chi connectivity index (χ4n) is 2.78. The molecule has 0 aromatic heterocycles. The molecule has 4 heteroatoms. The highest BCUT2D eigenvalue weighted by Crippen LogP contribution is 2.19. The number of benzene rings is 1. The lowest BCUT2D eigenvalue weighted by Gasteiger charge is -2.34. The van der Waals surface area contributed by atoms with Crippen molar-refractivity contribution in [3.63, 3.8) is 0 Å². The van der Waals surface area contributed by atoms with E-state index < -0.39 is 0 Å². The van der Waals surface area contributed by atoms with Gasteiger partial charge < -0.3 is 5.32 Å². The van der Waals surface area contributed by atoms with Crippen LogP contribution in [0.15, 0.2) is 24.3 Å². The molecule has 106 valence electrons. The van der Waals surface area contributed by atoms with Gasteiger partial charge in [0.05, 0.1) is 18.2 Å². The second kappa shape index (κ2) is 7.06. The molecule has 4 nitrogen and oxygen atoms in total. The Labute approximate surface area is 120 Å². The minimum absolute atomic E-state index is 0.000407. The lowest BCUT2D eigenvalue weighted by Crippen LogP contribution is -2.43. The molecule has 1 aliphatic rings. The van der Waals surface area contributed by atoms with Gasteiger partial charge in [0.25, 0.3) is 0 Å². The van der Waals surface area contributed by atoms with Crippen LogP contribution in [0.25, 0.3) is 0 Å². The number of nitriles is 1. The number of nitrogens with one attached hydrogen (secondary N) is 1. The molecule has 2 rings (SSSR count). The first-order valence-corrected chi connectivity index (χ1v) is 7.27. The highest BCUT2D eigenvalue weighted by Gasteiger charge is 2.22. The molecule has 1 atom stereocenters. The summed E-state index contributed by atoms with van der Waals surface area (Å²) in [6, 6.07) is 9.63. The average molecular weight is 271 g/mol. The minimum atomic E-state index is 0.000407. The third-order valence-electron chi connectivity index (χ3n) is 3.84. The van der Waals surface area contributed by atoms with Gasteiger partial charge in [0.15, 0.2) is 0 Å². The summed E-state index contributed by atoms with van der Waals surface area (Å²) in [5, 5.41) is 11.7. The van der Waals surface area contributed by atoms with Crippen molar-refractivity contribution in [2.24, 2.45) is 0 Å². The lowest BCUT2D eigenvalue weighted by molar-refractivity contribution is -0.118. The summed E-state index contributed by atoms with van der Waals surface area (Å²) < 4.78 is 0. The van der Waals surface area contributed by atoms with Crippen molar-refractivity contribution in [1.82, 2.24) is 4.90 Å². The van der Waals surface area contributed by atoms with Crippen LogP contribution in [0.5, 0.6) is 0 Å². The Hall–Kier alpha value is -1.86. The number of amides is 1. The van der Waals surface area contributed by atoms with Crippen LogP contribution in [0.1, 0.15) is 38.2 Å². The molecule has 0 aliphatic carbocycles. The van der Waals surface area contributed by atoms with E-state index in [1.54, 1.807) is 18.2 Å². The Morgan fingerprint density at radius 3 is 3.10 bits per heavy atom. The van der Waals surface area contributed by atoms with Gasteiger partial charge in [-0.2, -0.15) is 5.26 Å². The maximum atomic E-state index is 12.1. The van der Waals surface area contributed by atoms with E-state index in [2.05, 4.69) is 23.2 Å². The predicted octanol–water partition coefficient (Wildman–Crippen LogP) is 2.76. The summed E-state index contributed by atoms with van der Waals surface area (Å²) >= 11 is 0. The van der Waals surface area contributed by atoms with Crippen molar-refractivity contribution < 1.29 is 4.79 Å². The van der Waals surface area contributed by atoms with E-state index >= 15 is 0 Å². The lowest BCUT2D eigenvalue weighted by atomic mass is 10.00. The molecule has 1 fully saturated rings. The van der Waals surface area contributed by atoms with Crippen molar-refractivity contribution >= 4 is 11.6 Å². The number of piperidine rings is 1. The minimum Gasteiger partial charge on any atom is -0.325 e. The first-order valence-electron chi connectivity index (χ1n) is 7.27. The molecule has 1 N–H and O–H groups in total. The van der Waals surface area contributed by atoms with Crippen LogP contribution in [-0.4, -0.2) is 29.9 Å². The van der Waals surface area contributed by atoms with E-state index in [1.807, 2.05) is 6.07 Å². The van der Waals surface area contributed by atoms with Crippen LogP contribution < -0.4 is 5.32 Å². The van der Waals surface area contributed by atoms with Crippen LogP contribution in [0.2, 0.25) is 0 Å². The van der Waals surface area contributed by atoms with Crippen LogP contribution in [-0.2, 0) is 4.79 Å². The van der Waals surface area contributed by atoms with Crippen LogP contribution >= 0.6 is 0 Å². The highest BCUT2D eigenvalue weighted by molar-refractivity contribution is 5.92. The van der Waals surface area contributed by atoms with Gasteiger partial charge in [-0.3, -0.25) is 9.69 Å². The van der Waals surface area contributed by atoms with Crippen molar-refractivity contribution in [3.8, 4) is 6.07 Å². The van der Waals surface area contributed by atoms with Crippen LogP contribution in [0, 0.1) is 11.3 Å². The summed E-state index contributed by atoms with van der Waals surface area (Å²) in [5.41, 5.74) is 1.26. The number of nitrogens with zero attached hydrogens (tertiary/aromatic N) is 2. The Morgan fingerprint density at radius 1 is 1.50 bits per heavy atom. The normalized spacial score (nSPS) is 19.3. The zero-order chi connectivity index (χ0) is 14.4. The molecule has 0 saturated carbocycles. The van der Waals surface area contributed by atoms with Gasteiger partial charge >= 0.3 is 0 Å². The third kappa shape index (κ3) is 3.82. The molecule has 1 amide bonds. The van der Waals surface area contributed by atoms with Gasteiger partial charge in [-0.25, -0.2) is 0 Å². The monoisotopic (exact) mass is 271 g/mol. The zero-order valence-corrected chi connectivity index (χ0v) is 11.9. The van der Waals surface area contributed by atoms with Crippen molar-refractivity contribution in [3.05, 3.63) is 29.8 Å². The van der Waals surface area contributed by atoms with Gasteiger partial charge in [-0.1, -0.05) is 19.4 Å². The van der Waals surface area contributed by atoms with Crippen LogP contribution in [0.4, 0.5) is 5.69 Å². The molecule has 1 aliphatic heterocycles. The van der Waals surface area contributed by atoms with Crippen LogP contribution in [0.3, 0.4) is 0 Å². The summed E-state index contributed by atoms with van der Waals surface area (Å²) in [7, 11) is 0. The molecule has 1 unspecified atom stereocenters. The quantitative estimate of drug-likeness (QED) is 0.916. The molecule has 0 radical (unpaired) electrons. The topological polar surface area (TPSA) is 56.1 Å². The zero-order valence-electron chi connectivity index (χ0n) is 11.9. The number of anilines is 1. The molecule has 1 heterocycles. The molecule has 20 heavy (non-hydrogen) atoms. The number of carbonyl (C=O) groups is 1. The maximum absolute atomic E-state index is 12.1. The first-order chi connectivity index (χ1) is 9.72. The number of hydrogen-bond donors (Lipinski definition) is 1. The molecule has 1 saturated heterocycles. The predicted molar refractivity (Wildman–Crippen MR) is 79.3 cm³/mol. The fourth-order valence-corrected chi connectivity index (χ4v) is 2.78. The number of carbonyl (C=O) groups excluding carboxylic acids is 1. The fraction of sp³-hybridized carbons (Fsp3) is 0.500. The largest absolute Gasteiger partial charge is 0.325 e. The Bertz CT molecular complexity index is 507. The van der Waals surface area contributed by atoms with Gasteiger partial charge in [0.1, 0.15) is 0 Å². The summed E-state index contributed by atoms with van der Waals surface area (Å²) in [6.45, 7) is 3.62. The maximum Gasteiger partial charge on any atom is 0.238 e. The molecule has 0 bridgehead atoms. The first kappa shape index (κ1) is 14.5. The van der Waals surface area contributed by atoms with E-state index in [4.69, 9.17) is 5.26 Å². The van der Waals surface area contributed by atoms with E-state index in [9.17, 15) is 4.79 Å². The Kier molecular flexibility index (Phi) is 5.14. The SMILES string of the molecule is CCC1CCCCN1CC(=O)Nc1cccc(C#N)c1. The number of hydrogen-bond acceptors (Lipinski definition) is 3. The van der Waals surface area contributed by atoms with E-state index in [0.717, 1.165) is 13.0 Å². The second-order valence-electron chi connectivity index (χ2n) is 5.27. The second-order valence-corrected chi connectivity index (χ2v) is 5.27. The van der Waals surface area contributed by atoms with E-state index in [0.29, 0.717) is 23.8 Å². The van der Waals surface area contributed by atoms with Crippen molar-refractivity contribution in [2.45, 2.75) is 38.6 Å².